The Balaban J connectivity index is 1.84. The molecule has 1 saturated heterocycles. The molecular formula is C15H21N3O2S. The van der Waals surface area contributed by atoms with E-state index in [0.29, 0.717) is 19.5 Å². The molecule has 0 saturated carbocycles. The number of ether oxygens (including phenoxy) is 1. The van der Waals surface area contributed by atoms with Crippen molar-refractivity contribution in [1.29, 1.82) is 5.26 Å². The molecule has 1 aromatic heterocycles. The average Bonchev–Trinajstić information content (AvgIpc) is 3.12. The molecule has 1 atom stereocenters. The van der Waals surface area contributed by atoms with Crippen LogP contribution >= 0.6 is 11.3 Å². The third kappa shape index (κ3) is 5.84. The van der Waals surface area contributed by atoms with Crippen LogP contribution in [-0.4, -0.2) is 43.2 Å². The molecule has 1 aromatic rings. The minimum absolute atomic E-state index is 0.0280. The summed E-state index contributed by atoms with van der Waals surface area (Å²) in [5.74, 6) is -0.0280. The summed E-state index contributed by atoms with van der Waals surface area (Å²) in [7, 11) is 0. The Morgan fingerprint density at radius 1 is 1.62 bits per heavy atom. The first kappa shape index (κ1) is 16.0. The summed E-state index contributed by atoms with van der Waals surface area (Å²) in [6, 6.07) is 6.13. The zero-order valence-corrected chi connectivity index (χ0v) is 12.9. The van der Waals surface area contributed by atoms with Gasteiger partial charge in [0, 0.05) is 31.1 Å². The monoisotopic (exact) mass is 307 g/mol. The first-order valence-electron chi connectivity index (χ1n) is 7.28. The van der Waals surface area contributed by atoms with E-state index < -0.39 is 0 Å². The van der Waals surface area contributed by atoms with Crippen molar-refractivity contribution in [3.05, 3.63) is 22.4 Å². The van der Waals surface area contributed by atoms with Gasteiger partial charge in [0.25, 0.3) is 0 Å². The smallest absolute Gasteiger partial charge is 0.234 e. The molecule has 114 valence electrons. The number of hydrogen-bond donors (Lipinski definition) is 1. The van der Waals surface area contributed by atoms with Crippen LogP contribution in [0, 0.1) is 11.3 Å². The lowest BCUT2D eigenvalue weighted by molar-refractivity contribution is -0.122. The summed E-state index contributed by atoms with van der Waals surface area (Å²) < 4.78 is 5.67. The second kappa shape index (κ2) is 8.78. The molecule has 2 rings (SSSR count). The van der Waals surface area contributed by atoms with E-state index in [1.165, 1.54) is 4.88 Å². The predicted molar refractivity (Wildman–Crippen MR) is 81.8 cm³/mol. The molecule has 0 bridgehead atoms. The summed E-state index contributed by atoms with van der Waals surface area (Å²) in [5.41, 5.74) is 0. The van der Waals surface area contributed by atoms with Crippen LogP contribution < -0.4 is 5.32 Å². The van der Waals surface area contributed by atoms with Gasteiger partial charge in [-0.05, 0) is 24.3 Å². The number of nitrogens with one attached hydrogen (secondary N) is 1. The molecule has 1 N–H and O–H groups in total. The second-order valence-electron chi connectivity index (χ2n) is 5.14. The van der Waals surface area contributed by atoms with Crippen molar-refractivity contribution < 1.29 is 9.53 Å². The first-order valence-corrected chi connectivity index (χ1v) is 8.16. The quantitative estimate of drug-likeness (QED) is 0.743. The fourth-order valence-corrected chi connectivity index (χ4v) is 3.15. The topological polar surface area (TPSA) is 65.4 Å². The Bertz CT molecular complexity index is 464. The second-order valence-corrected chi connectivity index (χ2v) is 6.17. The number of amides is 1. The summed E-state index contributed by atoms with van der Waals surface area (Å²) in [4.78, 5) is 15.3. The van der Waals surface area contributed by atoms with E-state index in [-0.39, 0.29) is 12.0 Å². The summed E-state index contributed by atoms with van der Waals surface area (Å²) in [6.45, 7) is 3.14. The van der Waals surface area contributed by atoms with Crippen molar-refractivity contribution in [2.45, 2.75) is 31.9 Å². The van der Waals surface area contributed by atoms with Gasteiger partial charge >= 0.3 is 0 Å². The van der Waals surface area contributed by atoms with Gasteiger partial charge in [-0.2, -0.15) is 5.26 Å². The number of nitrogens with zero attached hydrogens (tertiary/aromatic N) is 2. The highest BCUT2D eigenvalue weighted by molar-refractivity contribution is 7.09. The van der Waals surface area contributed by atoms with Gasteiger partial charge in [0.2, 0.25) is 5.91 Å². The first-order chi connectivity index (χ1) is 10.3. The van der Waals surface area contributed by atoms with Crippen molar-refractivity contribution in [2.24, 2.45) is 0 Å². The molecule has 0 radical (unpaired) electrons. The summed E-state index contributed by atoms with van der Waals surface area (Å²) >= 11 is 1.70. The van der Waals surface area contributed by atoms with E-state index in [2.05, 4.69) is 16.3 Å². The molecule has 1 fully saturated rings. The van der Waals surface area contributed by atoms with E-state index in [4.69, 9.17) is 10.00 Å². The minimum Gasteiger partial charge on any atom is -0.377 e. The lowest BCUT2D eigenvalue weighted by Gasteiger charge is -2.24. The number of thiophene rings is 1. The third-order valence-electron chi connectivity index (χ3n) is 3.37. The number of rotatable bonds is 8. The number of hydrogen-bond acceptors (Lipinski definition) is 5. The number of nitriles is 1. The van der Waals surface area contributed by atoms with Crippen molar-refractivity contribution in [3.8, 4) is 6.07 Å². The molecule has 0 spiro atoms. The highest BCUT2D eigenvalue weighted by Gasteiger charge is 2.21. The number of carbonyl (C=O) groups excluding carboxylic acids is 1. The van der Waals surface area contributed by atoms with Crippen LogP contribution in [-0.2, 0) is 16.1 Å². The molecule has 1 aliphatic rings. The van der Waals surface area contributed by atoms with Gasteiger partial charge in [0.1, 0.15) is 0 Å². The van der Waals surface area contributed by atoms with Crippen molar-refractivity contribution in [1.82, 2.24) is 10.2 Å². The van der Waals surface area contributed by atoms with Gasteiger partial charge in [0.15, 0.2) is 0 Å². The van der Waals surface area contributed by atoms with Crippen LogP contribution in [0.3, 0.4) is 0 Å². The Morgan fingerprint density at radius 2 is 2.52 bits per heavy atom. The third-order valence-corrected chi connectivity index (χ3v) is 4.23. The Morgan fingerprint density at radius 3 is 3.19 bits per heavy atom. The van der Waals surface area contributed by atoms with Crippen LogP contribution in [0.5, 0.6) is 0 Å². The van der Waals surface area contributed by atoms with E-state index in [1.54, 1.807) is 11.3 Å². The highest BCUT2D eigenvalue weighted by atomic mass is 32.1. The lowest BCUT2D eigenvalue weighted by atomic mass is 10.2. The SMILES string of the molecule is N#CCCNC(=O)CN(Cc1cccs1)CC1CCCO1. The van der Waals surface area contributed by atoms with Gasteiger partial charge in [0.05, 0.1) is 25.1 Å². The summed E-state index contributed by atoms with van der Waals surface area (Å²) in [5, 5.41) is 13.3. The standard InChI is InChI=1S/C15H21N3O2S/c16-6-3-7-17-15(19)12-18(10-13-4-1-8-20-13)11-14-5-2-9-21-14/h2,5,9,13H,1,3-4,7-8,10-12H2,(H,17,19). The van der Waals surface area contributed by atoms with E-state index in [1.807, 2.05) is 17.5 Å². The zero-order valence-electron chi connectivity index (χ0n) is 12.1. The largest absolute Gasteiger partial charge is 0.377 e. The Kier molecular flexibility index (Phi) is 6.67. The average molecular weight is 307 g/mol. The zero-order chi connectivity index (χ0) is 14.9. The maximum Gasteiger partial charge on any atom is 0.234 e. The molecule has 1 unspecified atom stereocenters. The predicted octanol–water partition coefficient (Wildman–Crippen LogP) is 1.76. The van der Waals surface area contributed by atoms with Crippen molar-refractivity contribution in [2.75, 3.05) is 26.2 Å². The van der Waals surface area contributed by atoms with Crippen LogP contribution in [0.4, 0.5) is 0 Å². The minimum atomic E-state index is -0.0280. The fraction of sp³-hybridized carbons (Fsp3) is 0.600. The molecule has 21 heavy (non-hydrogen) atoms. The molecule has 1 aliphatic heterocycles. The molecule has 0 aliphatic carbocycles. The van der Waals surface area contributed by atoms with Gasteiger partial charge in [-0.25, -0.2) is 0 Å². The lowest BCUT2D eigenvalue weighted by Crippen LogP contribution is -2.40. The van der Waals surface area contributed by atoms with Crippen molar-refractivity contribution in [3.63, 3.8) is 0 Å². The van der Waals surface area contributed by atoms with E-state index >= 15 is 0 Å². The van der Waals surface area contributed by atoms with Gasteiger partial charge < -0.3 is 10.1 Å². The normalized spacial score (nSPS) is 17.8. The van der Waals surface area contributed by atoms with Gasteiger partial charge in [-0.1, -0.05) is 6.07 Å². The molecule has 6 heteroatoms. The highest BCUT2D eigenvalue weighted by Crippen LogP contribution is 2.16. The molecule has 2 heterocycles. The molecular weight excluding hydrogens is 286 g/mol. The molecule has 1 amide bonds. The Hall–Kier alpha value is -1.42. The van der Waals surface area contributed by atoms with Crippen LogP contribution in [0.25, 0.3) is 0 Å². The maximum absolute atomic E-state index is 11.9. The van der Waals surface area contributed by atoms with Gasteiger partial charge in [-0.15, -0.1) is 11.3 Å². The van der Waals surface area contributed by atoms with Crippen LogP contribution in [0.15, 0.2) is 17.5 Å². The molecule has 0 aromatic carbocycles. The maximum atomic E-state index is 11.9. The van der Waals surface area contributed by atoms with Crippen LogP contribution in [0.2, 0.25) is 0 Å². The summed E-state index contributed by atoms with van der Waals surface area (Å²) in [6.07, 6.45) is 2.75. The fourth-order valence-electron chi connectivity index (χ4n) is 2.40. The van der Waals surface area contributed by atoms with E-state index in [9.17, 15) is 4.79 Å². The number of carbonyl (C=O) groups is 1. The molecule has 5 nitrogen and oxygen atoms in total. The van der Waals surface area contributed by atoms with Crippen LogP contribution in [0.1, 0.15) is 24.1 Å². The van der Waals surface area contributed by atoms with E-state index in [0.717, 1.165) is 32.5 Å². The van der Waals surface area contributed by atoms with Gasteiger partial charge in [-0.3, -0.25) is 9.69 Å². The van der Waals surface area contributed by atoms with Crippen molar-refractivity contribution >= 4 is 17.2 Å². The Labute approximate surface area is 129 Å².